The van der Waals surface area contributed by atoms with Gasteiger partial charge in [-0.05, 0) is 43.7 Å². The van der Waals surface area contributed by atoms with Gasteiger partial charge >= 0.3 is 0 Å². The molecule has 3 rings (SSSR count). The first-order valence-corrected chi connectivity index (χ1v) is 12.0. The zero-order valence-electron chi connectivity index (χ0n) is 18.8. The molecule has 1 N–H and O–H groups in total. The van der Waals surface area contributed by atoms with Crippen LogP contribution >= 0.6 is 0 Å². The summed E-state index contributed by atoms with van der Waals surface area (Å²) in [6.07, 6.45) is -0.257. The van der Waals surface area contributed by atoms with Gasteiger partial charge in [0.1, 0.15) is 16.7 Å². The Bertz CT molecular complexity index is 1160. The second kappa shape index (κ2) is 10.0. The first kappa shape index (κ1) is 24.2. The number of ether oxygens (including phenoxy) is 1. The van der Waals surface area contributed by atoms with Crippen molar-refractivity contribution in [2.45, 2.75) is 37.8 Å². The maximum Gasteiger partial charge on any atom is 0.269 e. The molecule has 0 spiro atoms. The van der Waals surface area contributed by atoms with Crippen LogP contribution in [0.25, 0.3) is 0 Å². The maximum atomic E-state index is 13.2. The molecule has 1 unspecified atom stereocenters. The molecule has 1 aliphatic rings. The molecule has 0 radical (unpaired) electrons. The summed E-state index contributed by atoms with van der Waals surface area (Å²) in [5.41, 5.74) is 0.838. The van der Waals surface area contributed by atoms with E-state index in [0.29, 0.717) is 12.3 Å². The molecule has 0 aliphatic carbocycles. The van der Waals surface area contributed by atoms with Crippen LogP contribution in [0.4, 0.5) is 0 Å². The number of carbonyl (C=O) groups is 3. The summed E-state index contributed by atoms with van der Waals surface area (Å²) < 4.78 is 31.5. The average Bonchev–Trinajstić information content (AvgIpc) is 3.01. The predicted octanol–water partition coefficient (Wildman–Crippen LogP) is 1.78. The molecule has 1 atom stereocenters. The Hall–Kier alpha value is -3.40. The number of benzene rings is 2. The topological polar surface area (TPSA) is 113 Å². The third kappa shape index (κ3) is 5.00. The summed E-state index contributed by atoms with van der Waals surface area (Å²) in [7, 11) is -2.48. The number of hydrogen-bond acceptors (Lipinski definition) is 6. The first-order chi connectivity index (χ1) is 15.7. The van der Waals surface area contributed by atoms with Crippen LogP contribution in [0, 0.1) is 0 Å². The van der Waals surface area contributed by atoms with Crippen molar-refractivity contribution >= 4 is 27.7 Å². The Kier molecular flexibility index (Phi) is 7.37. The standard InChI is InChI=1S/C23H27N3O6S/c1-4-24-22(28)16(2)25(15-17-8-7-9-18(14-17)32-3)21(27)12-13-26-23(29)19-10-5-6-11-20(19)33(26,30)31/h5-11,14,16H,4,12-13,15H2,1-3H3,(H,24,28). The first-order valence-electron chi connectivity index (χ1n) is 10.6. The van der Waals surface area contributed by atoms with Crippen LogP contribution in [0.3, 0.4) is 0 Å². The van der Waals surface area contributed by atoms with E-state index >= 15 is 0 Å². The molecule has 2 aromatic carbocycles. The van der Waals surface area contributed by atoms with Crippen molar-refractivity contribution in [1.29, 1.82) is 0 Å². The quantitative estimate of drug-likeness (QED) is 0.594. The number of fused-ring (bicyclic) bond motifs is 1. The van der Waals surface area contributed by atoms with Crippen molar-refractivity contribution < 1.29 is 27.5 Å². The summed E-state index contributed by atoms with van der Waals surface area (Å²) in [5, 5.41) is 2.70. The Labute approximate surface area is 193 Å². The molecular formula is C23H27N3O6S. The lowest BCUT2D eigenvalue weighted by atomic mass is 10.1. The molecule has 10 heteroatoms. The summed E-state index contributed by atoms with van der Waals surface area (Å²) in [4.78, 5) is 39.6. The van der Waals surface area contributed by atoms with Crippen LogP contribution in [-0.2, 0) is 26.2 Å². The molecule has 176 valence electrons. The van der Waals surface area contributed by atoms with Gasteiger partial charge in [-0.2, -0.15) is 0 Å². The van der Waals surface area contributed by atoms with E-state index in [2.05, 4.69) is 5.32 Å². The second-order valence-corrected chi connectivity index (χ2v) is 9.40. The van der Waals surface area contributed by atoms with Gasteiger partial charge < -0.3 is 15.0 Å². The van der Waals surface area contributed by atoms with E-state index in [1.807, 2.05) is 0 Å². The molecule has 33 heavy (non-hydrogen) atoms. The van der Waals surface area contributed by atoms with E-state index in [1.54, 1.807) is 50.2 Å². The number of amides is 3. The fraction of sp³-hybridized carbons (Fsp3) is 0.348. The van der Waals surface area contributed by atoms with Crippen LogP contribution in [0.15, 0.2) is 53.4 Å². The van der Waals surface area contributed by atoms with E-state index < -0.39 is 27.9 Å². The van der Waals surface area contributed by atoms with E-state index in [9.17, 15) is 22.8 Å². The molecule has 3 amide bonds. The van der Waals surface area contributed by atoms with Gasteiger partial charge in [0.05, 0.1) is 12.7 Å². The van der Waals surface area contributed by atoms with Crippen LogP contribution in [0.1, 0.15) is 36.2 Å². The van der Waals surface area contributed by atoms with Crippen LogP contribution in [0.2, 0.25) is 0 Å². The zero-order valence-corrected chi connectivity index (χ0v) is 19.6. The largest absolute Gasteiger partial charge is 0.497 e. The highest BCUT2D eigenvalue weighted by atomic mass is 32.2. The number of nitrogens with one attached hydrogen (secondary N) is 1. The third-order valence-electron chi connectivity index (χ3n) is 5.45. The fourth-order valence-electron chi connectivity index (χ4n) is 3.67. The van der Waals surface area contributed by atoms with Gasteiger partial charge in [0.15, 0.2) is 0 Å². The molecule has 2 aromatic rings. The molecule has 1 aliphatic heterocycles. The minimum absolute atomic E-state index is 0.0635. The molecule has 0 bridgehead atoms. The summed E-state index contributed by atoms with van der Waals surface area (Å²) in [6, 6.07) is 12.3. The fourth-order valence-corrected chi connectivity index (χ4v) is 5.23. The van der Waals surface area contributed by atoms with E-state index in [0.717, 1.165) is 9.87 Å². The minimum Gasteiger partial charge on any atom is -0.497 e. The molecule has 0 aromatic heterocycles. The Morgan fingerprint density at radius 3 is 2.55 bits per heavy atom. The van der Waals surface area contributed by atoms with Gasteiger partial charge in [0.2, 0.25) is 11.8 Å². The lowest BCUT2D eigenvalue weighted by Gasteiger charge is -2.29. The summed E-state index contributed by atoms with van der Waals surface area (Å²) >= 11 is 0. The highest BCUT2D eigenvalue weighted by Gasteiger charge is 2.41. The van der Waals surface area contributed by atoms with E-state index in [1.165, 1.54) is 24.1 Å². The van der Waals surface area contributed by atoms with Gasteiger partial charge in [0, 0.05) is 26.1 Å². The molecule has 0 saturated heterocycles. The van der Waals surface area contributed by atoms with Crippen molar-refractivity contribution in [1.82, 2.24) is 14.5 Å². The van der Waals surface area contributed by atoms with E-state index in [-0.39, 0.29) is 35.9 Å². The van der Waals surface area contributed by atoms with Gasteiger partial charge in [-0.3, -0.25) is 14.4 Å². The van der Waals surface area contributed by atoms with Crippen LogP contribution in [0.5, 0.6) is 5.75 Å². The maximum absolute atomic E-state index is 13.2. The SMILES string of the molecule is CCNC(=O)C(C)N(Cc1cccc(OC)c1)C(=O)CCN1C(=O)c2ccccc2S1(=O)=O. The van der Waals surface area contributed by atoms with Crippen molar-refractivity contribution in [3.63, 3.8) is 0 Å². The van der Waals surface area contributed by atoms with Gasteiger partial charge in [-0.25, -0.2) is 12.7 Å². The number of methoxy groups -OCH3 is 1. The zero-order chi connectivity index (χ0) is 24.2. The summed E-state index contributed by atoms with van der Waals surface area (Å²) in [5.74, 6) is -0.826. The van der Waals surface area contributed by atoms with Gasteiger partial charge in [-0.15, -0.1) is 0 Å². The van der Waals surface area contributed by atoms with Crippen molar-refractivity contribution in [3.8, 4) is 5.75 Å². The summed E-state index contributed by atoms with van der Waals surface area (Å²) in [6.45, 7) is 3.60. The highest BCUT2D eigenvalue weighted by molar-refractivity contribution is 7.90. The number of rotatable bonds is 9. The second-order valence-electron chi connectivity index (χ2n) is 7.57. The number of likely N-dealkylation sites (N-methyl/N-ethyl adjacent to an activating group) is 1. The molecule has 9 nitrogen and oxygen atoms in total. The number of nitrogens with zero attached hydrogens (tertiary/aromatic N) is 2. The molecule has 1 heterocycles. The number of hydrogen-bond donors (Lipinski definition) is 1. The normalized spacial score (nSPS) is 15.0. The van der Waals surface area contributed by atoms with Crippen molar-refractivity contribution in [2.24, 2.45) is 0 Å². The molecule has 0 saturated carbocycles. The van der Waals surface area contributed by atoms with Crippen LogP contribution in [-0.4, -0.2) is 61.6 Å². The Balaban J connectivity index is 1.80. The Morgan fingerprint density at radius 2 is 1.88 bits per heavy atom. The minimum atomic E-state index is -4.01. The number of carbonyl (C=O) groups excluding carboxylic acids is 3. The van der Waals surface area contributed by atoms with E-state index in [4.69, 9.17) is 4.74 Å². The van der Waals surface area contributed by atoms with Gasteiger partial charge in [-0.1, -0.05) is 24.3 Å². The number of sulfonamides is 1. The monoisotopic (exact) mass is 473 g/mol. The highest BCUT2D eigenvalue weighted by Crippen LogP contribution is 2.30. The smallest absolute Gasteiger partial charge is 0.269 e. The predicted molar refractivity (Wildman–Crippen MR) is 121 cm³/mol. The average molecular weight is 474 g/mol. The lowest BCUT2D eigenvalue weighted by Crippen LogP contribution is -2.48. The molecular weight excluding hydrogens is 446 g/mol. The Morgan fingerprint density at radius 1 is 1.15 bits per heavy atom. The van der Waals surface area contributed by atoms with Crippen molar-refractivity contribution in [2.75, 3.05) is 20.2 Å². The molecule has 0 fully saturated rings. The van der Waals surface area contributed by atoms with Gasteiger partial charge in [0.25, 0.3) is 15.9 Å². The lowest BCUT2D eigenvalue weighted by molar-refractivity contribution is -0.140. The third-order valence-corrected chi connectivity index (χ3v) is 7.29. The van der Waals surface area contributed by atoms with Crippen molar-refractivity contribution in [3.05, 3.63) is 59.7 Å². The van der Waals surface area contributed by atoms with Crippen LogP contribution < -0.4 is 10.1 Å².